The fourth-order valence-electron chi connectivity index (χ4n) is 0.932. The molecule has 0 saturated carbocycles. The van der Waals surface area contributed by atoms with Gasteiger partial charge in [0.15, 0.2) is 0 Å². The normalized spacial score (nSPS) is 15.8. The van der Waals surface area contributed by atoms with Gasteiger partial charge in [-0.3, -0.25) is 4.79 Å². The minimum absolute atomic E-state index is 0.312. The Morgan fingerprint density at radius 2 is 2.14 bits per heavy atom. The second kappa shape index (κ2) is 5.12. The molecule has 0 saturated heterocycles. The molecule has 82 valence electrons. The summed E-state index contributed by atoms with van der Waals surface area (Å²) in [5.41, 5.74) is 4.69. The Morgan fingerprint density at radius 1 is 1.64 bits per heavy atom. The van der Waals surface area contributed by atoms with Crippen LogP contribution >= 0.6 is 0 Å². The molecule has 14 heavy (non-hydrogen) atoms. The lowest BCUT2D eigenvalue weighted by atomic mass is 10.0. The van der Waals surface area contributed by atoms with E-state index in [4.69, 9.17) is 15.6 Å². The number of hydrogen-bond donors (Lipinski definition) is 2. The third-order valence-corrected chi connectivity index (χ3v) is 1.54. The number of ether oxygens (including phenoxy) is 1. The Kier molecular flexibility index (Phi) is 4.80. The van der Waals surface area contributed by atoms with Gasteiger partial charge in [0, 0.05) is 0 Å². The lowest BCUT2D eigenvalue weighted by Crippen LogP contribution is -2.39. The highest BCUT2D eigenvalue weighted by Crippen LogP contribution is 2.15. The van der Waals surface area contributed by atoms with Gasteiger partial charge in [-0.1, -0.05) is 6.08 Å². The number of rotatable bonds is 4. The predicted octanol–water partition coefficient (Wildman–Crippen LogP) is 0.797. The number of carbonyl (C=O) groups excluding carboxylic acids is 1. The van der Waals surface area contributed by atoms with Crippen molar-refractivity contribution in [2.24, 2.45) is 11.7 Å². The number of esters is 1. The molecule has 0 bridgehead atoms. The largest absolute Gasteiger partial charge is 0.460 e. The molecule has 0 aromatic carbocycles. The van der Waals surface area contributed by atoms with Crippen molar-refractivity contribution < 1.29 is 14.6 Å². The van der Waals surface area contributed by atoms with Crippen molar-refractivity contribution >= 4 is 5.97 Å². The fourth-order valence-corrected chi connectivity index (χ4v) is 0.932. The van der Waals surface area contributed by atoms with E-state index in [2.05, 4.69) is 6.58 Å². The minimum Gasteiger partial charge on any atom is -0.460 e. The Morgan fingerprint density at radius 3 is 2.43 bits per heavy atom. The molecule has 2 atom stereocenters. The molecule has 0 spiro atoms. The molecule has 0 aromatic rings. The quantitative estimate of drug-likeness (QED) is 0.401. The van der Waals surface area contributed by atoms with E-state index in [1.54, 1.807) is 20.8 Å². The molecule has 0 aromatic heterocycles. The van der Waals surface area contributed by atoms with Crippen LogP contribution < -0.4 is 5.73 Å². The molecule has 0 radical (unpaired) electrons. The summed E-state index contributed by atoms with van der Waals surface area (Å²) in [5.74, 6) is -1.22. The molecule has 0 aliphatic rings. The molecule has 0 amide bonds. The van der Waals surface area contributed by atoms with Gasteiger partial charge >= 0.3 is 5.97 Å². The number of aliphatic hydroxyl groups excluding tert-OH is 1. The summed E-state index contributed by atoms with van der Waals surface area (Å²) in [5, 5.41) is 9.14. The van der Waals surface area contributed by atoms with Crippen LogP contribution in [-0.4, -0.2) is 22.9 Å². The zero-order valence-electron chi connectivity index (χ0n) is 8.99. The highest BCUT2D eigenvalue weighted by atomic mass is 16.6. The van der Waals surface area contributed by atoms with E-state index in [0.717, 1.165) is 0 Å². The fraction of sp³-hybridized carbons (Fsp3) is 0.700. The topological polar surface area (TPSA) is 72.5 Å². The van der Waals surface area contributed by atoms with E-state index in [-0.39, 0.29) is 0 Å². The first-order valence-corrected chi connectivity index (χ1v) is 4.55. The zero-order chi connectivity index (χ0) is 11.4. The summed E-state index contributed by atoms with van der Waals surface area (Å²) in [6.07, 6.45) is 0.639. The van der Waals surface area contributed by atoms with E-state index in [1.807, 2.05) is 0 Å². The first kappa shape index (κ1) is 13.1. The summed E-state index contributed by atoms with van der Waals surface area (Å²) in [6.45, 7) is 8.78. The van der Waals surface area contributed by atoms with Gasteiger partial charge in [-0.05, 0) is 27.2 Å². The Labute approximate surface area is 84.7 Å². The Bertz CT molecular complexity index is 206. The molecule has 4 nitrogen and oxygen atoms in total. The number of allylic oxidation sites excluding steroid dienone is 1. The van der Waals surface area contributed by atoms with Crippen molar-refractivity contribution in [3.8, 4) is 0 Å². The van der Waals surface area contributed by atoms with E-state index in [0.29, 0.717) is 6.42 Å². The van der Waals surface area contributed by atoms with Crippen LogP contribution in [0.1, 0.15) is 27.2 Å². The third kappa shape index (κ3) is 4.99. The number of hydrogen-bond acceptors (Lipinski definition) is 4. The number of nitrogens with two attached hydrogens (primary N) is 1. The van der Waals surface area contributed by atoms with Crippen LogP contribution in [0, 0.1) is 5.92 Å². The smallest absolute Gasteiger partial charge is 0.313 e. The average molecular weight is 201 g/mol. The summed E-state index contributed by atoms with van der Waals surface area (Å²) < 4.78 is 5.09. The standard InChI is InChI=1S/C10H19NO3/c1-5-6-7(8(11)12)9(13)14-10(2,3)4/h5,7-8,12H,1,6,11H2,2-4H3. The van der Waals surface area contributed by atoms with Gasteiger partial charge in [0.2, 0.25) is 0 Å². The summed E-state index contributed by atoms with van der Waals surface area (Å²) >= 11 is 0. The second-order valence-electron chi connectivity index (χ2n) is 4.15. The first-order valence-electron chi connectivity index (χ1n) is 4.55. The molecule has 3 N–H and O–H groups in total. The maximum absolute atomic E-state index is 11.5. The number of carbonyl (C=O) groups is 1. The van der Waals surface area contributed by atoms with Gasteiger partial charge in [-0.15, -0.1) is 6.58 Å². The predicted molar refractivity (Wildman–Crippen MR) is 54.3 cm³/mol. The van der Waals surface area contributed by atoms with E-state index in [9.17, 15) is 4.79 Å². The highest BCUT2D eigenvalue weighted by molar-refractivity contribution is 5.73. The third-order valence-electron chi connectivity index (χ3n) is 1.54. The summed E-state index contributed by atoms with van der Waals surface area (Å²) in [7, 11) is 0. The first-order chi connectivity index (χ1) is 6.28. The zero-order valence-corrected chi connectivity index (χ0v) is 8.99. The Hall–Kier alpha value is -0.870. The monoisotopic (exact) mass is 201 g/mol. The maximum atomic E-state index is 11.5. The van der Waals surface area contributed by atoms with Gasteiger partial charge in [0.05, 0.1) is 5.92 Å². The van der Waals surface area contributed by atoms with E-state index >= 15 is 0 Å². The molecule has 0 rings (SSSR count). The highest BCUT2D eigenvalue weighted by Gasteiger charge is 2.27. The Balaban J connectivity index is 4.37. The SMILES string of the molecule is C=CCC(C(=O)OC(C)(C)C)C(N)O. The van der Waals surface area contributed by atoms with Crippen LogP contribution in [-0.2, 0) is 9.53 Å². The molecule has 0 aliphatic heterocycles. The molecule has 0 fully saturated rings. The summed E-state index contributed by atoms with van der Waals surface area (Å²) in [4.78, 5) is 11.5. The molecule has 2 unspecified atom stereocenters. The lowest BCUT2D eigenvalue weighted by molar-refractivity contribution is -0.163. The van der Waals surface area contributed by atoms with Crippen LogP contribution in [0.3, 0.4) is 0 Å². The average Bonchev–Trinajstić information content (AvgIpc) is 1.95. The van der Waals surface area contributed by atoms with E-state index < -0.39 is 23.7 Å². The van der Waals surface area contributed by atoms with Crippen molar-refractivity contribution in [1.82, 2.24) is 0 Å². The maximum Gasteiger partial charge on any atom is 0.313 e. The van der Waals surface area contributed by atoms with Gasteiger partial charge in [0.1, 0.15) is 11.8 Å². The van der Waals surface area contributed by atoms with E-state index in [1.165, 1.54) is 6.08 Å². The molecule has 4 heteroatoms. The molecular weight excluding hydrogens is 182 g/mol. The van der Waals surface area contributed by atoms with Crippen molar-refractivity contribution in [3.05, 3.63) is 12.7 Å². The van der Waals surface area contributed by atoms with Gasteiger partial charge in [-0.2, -0.15) is 0 Å². The van der Waals surface area contributed by atoms with Crippen LogP contribution in [0.4, 0.5) is 0 Å². The van der Waals surface area contributed by atoms with Crippen molar-refractivity contribution in [2.45, 2.75) is 39.0 Å². The second-order valence-corrected chi connectivity index (χ2v) is 4.15. The minimum atomic E-state index is -1.21. The van der Waals surface area contributed by atoms with Crippen LogP contribution in [0.25, 0.3) is 0 Å². The summed E-state index contributed by atoms with van der Waals surface area (Å²) in [6, 6.07) is 0. The molecule has 0 aliphatic carbocycles. The lowest BCUT2D eigenvalue weighted by Gasteiger charge is -2.24. The van der Waals surface area contributed by atoms with Crippen molar-refractivity contribution in [2.75, 3.05) is 0 Å². The van der Waals surface area contributed by atoms with Crippen LogP contribution in [0.2, 0.25) is 0 Å². The van der Waals surface area contributed by atoms with Gasteiger partial charge in [-0.25, -0.2) is 0 Å². The van der Waals surface area contributed by atoms with Gasteiger partial charge in [0.25, 0.3) is 0 Å². The van der Waals surface area contributed by atoms with Crippen molar-refractivity contribution in [1.29, 1.82) is 0 Å². The molecule has 0 heterocycles. The molecular formula is C10H19NO3. The number of aliphatic hydroxyl groups is 1. The van der Waals surface area contributed by atoms with Gasteiger partial charge < -0.3 is 15.6 Å². The van der Waals surface area contributed by atoms with Crippen molar-refractivity contribution in [3.63, 3.8) is 0 Å². The van der Waals surface area contributed by atoms with Crippen LogP contribution in [0.15, 0.2) is 12.7 Å². The van der Waals surface area contributed by atoms with Crippen LogP contribution in [0.5, 0.6) is 0 Å².